The summed E-state index contributed by atoms with van der Waals surface area (Å²) in [7, 11) is 0. The number of aryl methyl sites for hydroxylation is 1. The monoisotopic (exact) mass is 424 g/mol. The molecule has 0 bridgehead atoms. The van der Waals surface area contributed by atoms with Gasteiger partial charge >= 0.3 is 0 Å². The lowest BCUT2D eigenvalue weighted by Crippen LogP contribution is -2.37. The van der Waals surface area contributed by atoms with Crippen LogP contribution in [0.5, 0.6) is 0 Å². The van der Waals surface area contributed by atoms with Gasteiger partial charge in [-0.3, -0.25) is 9.59 Å². The number of hydrogen-bond donors (Lipinski definition) is 1. The molecule has 0 radical (unpaired) electrons. The van der Waals surface area contributed by atoms with E-state index in [4.69, 9.17) is 11.6 Å². The summed E-state index contributed by atoms with van der Waals surface area (Å²) in [6.45, 7) is 5.77. The third-order valence-corrected chi connectivity index (χ3v) is 5.93. The molecule has 0 saturated carbocycles. The number of carbonyl (C=O) groups is 1. The summed E-state index contributed by atoms with van der Waals surface area (Å²) in [6, 6.07) is 12.8. The first kappa shape index (κ1) is 20.4. The maximum absolute atomic E-state index is 13.0. The van der Waals surface area contributed by atoms with Crippen LogP contribution in [-0.4, -0.2) is 28.8 Å². The summed E-state index contributed by atoms with van der Waals surface area (Å²) in [6.07, 6.45) is 2.17. The molecule has 1 aliphatic rings. The number of hydrogen-bond acceptors (Lipinski definition) is 4. The second-order valence-corrected chi connectivity index (χ2v) is 8.45. The number of benzene rings is 2. The Labute approximate surface area is 180 Å². The Morgan fingerprint density at radius 2 is 1.87 bits per heavy atom. The fourth-order valence-corrected chi connectivity index (χ4v) is 4.01. The standard InChI is InChI=1S/C23H25ClN4O2/c1-15-9-11-27(12-10-15)22-18-5-3-4-6-19(18)23(30)28(26-22)14-21(29)25-20-13-17(24)8-7-16(20)2/h3-8,13,15H,9-12,14H2,1-2H3,(H,25,29). The topological polar surface area (TPSA) is 67.2 Å². The molecule has 1 saturated heterocycles. The summed E-state index contributed by atoms with van der Waals surface area (Å²) in [5.74, 6) is 1.14. The fourth-order valence-electron chi connectivity index (χ4n) is 3.83. The van der Waals surface area contributed by atoms with Crippen LogP contribution in [0.4, 0.5) is 11.5 Å². The maximum atomic E-state index is 13.0. The fraction of sp³-hybridized carbons (Fsp3) is 0.348. The van der Waals surface area contributed by atoms with Crippen LogP contribution in [-0.2, 0) is 11.3 Å². The number of amides is 1. The first-order valence-corrected chi connectivity index (χ1v) is 10.6. The van der Waals surface area contributed by atoms with Gasteiger partial charge in [0.25, 0.3) is 5.56 Å². The van der Waals surface area contributed by atoms with Crippen molar-refractivity contribution in [2.45, 2.75) is 33.2 Å². The summed E-state index contributed by atoms with van der Waals surface area (Å²) in [5.41, 5.74) is 1.26. The molecule has 0 aliphatic carbocycles. The molecule has 30 heavy (non-hydrogen) atoms. The zero-order valence-electron chi connectivity index (χ0n) is 17.2. The lowest BCUT2D eigenvalue weighted by molar-refractivity contribution is -0.117. The van der Waals surface area contributed by atoms with E-state index >= 15 is 0 Å². The molecule has 1 aliphatic heterocycles. The molecule has 0 unspecified atom stereocenters. The van der Waals surface area contributed by atoms with Gasteiger partial charge in [-0.25, -0.2) is 4.68 Å². The Morgan fingerprint density at radius 1 is 1.17 bits per heavy atom. The quantitative estimate of drug-likeness (QED) is 0.680. The average Bonchev–Trinajstić information content (AvgIpc) is 2.73. The van der Waals surface area contributed by atoms with E-state index in [2.05, 4.69) is 22.2 Å². The molecule has 1 N–H and O–H groups in total. The maximum Gasteiger partial charge on any atom is 0.275 e. The van der Waals surface area contributed by atoms with Crippen LogP contribution in [0, 0.1) is 12.8 Å². The van der Waals surface area contributed by atoms with E-state index in [9.17, 15) is 9.59 Å². The van der Waals surface area contributed by atoms with Crippen molar-refractivity contribution in [3.63, 3.8) is 0 Å². The minimum atomic E-state index is -0.316. The van der Waals surface area contributed by atoms with E-state index in [0.29, 0.717) is 22.0 Å². The van der Waals surface area contributed by atoms with Crippen molar-refractivity contribution in [2.75, 3.05) is 23.3 Å². The molecule has 0 spiro atoms. The highest BCUT2D eigenvalue weighted by atomic mass is 35.5. The molecule has 1 amide bonds. The number of anilines is 2. The van der Waals surface area contributed by atoms with Gasteiger partial charge in [0.15, 0.2) is 5.82 Å². The number of piperidine rings is 1. The zero-order chi connectivity index (χ0) is 21.3. The molecule has 2 heterocycles. The molecule has 156 valence electrons. The highest BCUT2D eigenvalue weighted by Crippen LogP contribution is 2.27. The minimum absolute atomic E-state index is 0.160. The Hall–Kier alpha value is -2.86. The largest absolute Gasteiger partial charge is 0.355 e. The number of aromatic nitrogens is 2. The van der Waals surface area contributed by atoms with Gasteiger partial charge in [0.2, 0.25) is 5.91 Å². The smallest absolute Gasteiger partial charge is 0.275 e. The van der Waals surface area contributed by atoms with Gasteiger partial charge in [0.05, 0.1) is 5.39 Å². The van der Waals surface area contributed by atoms with Crippen molar-refractivity contribution in [3.05, 3.63) is 63.4 Å². The lowest BCUT2D eigenvalue weighted by atomic mass is 9.99. The number of fused-ring (bicyclic) bond motifs is 1. The third-order valence-electron chi connectivity index (χ3n) is 5.70. The first-order chi connectivity index (χ1) is 14.4. The van der Waals surface area contributed by atoms with Crippen molar-refractivity contribution in [2.24, 2.45) is 5.92 Å². The molecular weight excluding hydrogens is 400 g/mol. The van der Waals surface area contributed by atoms with E-state index in [1.54, 1.807) is 18.2 Å². The van der Waals surface area contributed by atoms with E-state index in [1.807, 2.05) is 31.2 Å². The van der Waals surface area contributed by atoms with Gasteiger partial charge in [-0.1, -0.05) is 42.8 Å². The molecule has 0 atom stereocenters. The summed E-state index contributed by atoms with van der Waals surface area (Å²) >= 11 is 6.04. The number of nitrogens with one attached hydrogen (secondary N) is 1. The summed E-state index contributed by atoms with van der Waals surface area (Å²) in [5, 5.41) is 9.41. The van der Waals surface area contributed by atoms with Crippen molar-refractivity contribution < 1.29 is 4.79 Å². The predicted molar refractivity (Wildman–Crippen MR) is 121 cm³/mol. The van der Waals surface area contributed by atoms with Crippen molar-refractivity contribution in [1.82, 2.24) is 9.78 Å². The second-order valence-electron chi connectivity index (χ2n) is 8.01. The number of rotatable bonds is 4. The number of nitrogens with zero attached hydrogens (tertiary/aromatic N) is 3. The van der Waals surface area contributed by atoms with Gasteiger partial charge in [-0.05, 0) is 49.4 Å². The molecule has 6 nitrogen and oxygen atoms in total. The molecule has 7 heteroatoms. The van der Waals surface area contributed by atoms with Gasteiger partial charge in [0, 0.05) is 29.2 Å². The molecule has 3 aromatic rings. The Balaban J connectivity index is 1.67. The van der Waals surface area contributed by atoms with Crippen LogP contribution < -0.4 is 15.8 Å². The van der Waals surface area contributed by atoms with Crippen LogP contribution in [0.2, 0.25) is 5.02 Å². The van der Waals surface area contributed by atoms with E-state index in [0.717, 1.165) is 42.7 Å². The molecule has 1 aromatic heterocycles. The Bertz CT molecular complexity index is 1150. The molecule has 2 aromatic carbocycles. The lowest BCUT2D eigenvalue weighted by Gasteiger charge is -2.32. The van der Waals surface area contributed by atoms with Gasteiger partial charge in [-0.2, -0.15) is 5.10 Å². The van der Waals surface area contributed by atoms with Crippen LogP contribution in [0.25, 0.3) is 10.8 Å². The average molecular weight is 425 g/mol. The van der Waals surface area contributed by atoms with Crippen molar-refractivity contribution in [1.29, 1.82) is 0 Å². The van der Waals surface area contributed by atoms with Crippen molar-refractivity contribution >= 4 is 39.8 Å². The first-order valence-electron chi connectivity index (χ1n) is 10.2. The van der Waals surface area contributed by atoms with Crippen LogP contribution >= 0.6 is 11.6 Å². The summed E-state index contributed by atoms with van der Waals surface area (Å²) < 4.78 is 1.27. The van der Waals surface area contributed by atoms with E-state index in [1.165, 1.54) is 4.68 Å². The molecule has 1 fully saturated rings. The van der Waals surface area contributed by atoms with E-state index in [-0.39, 0.29) is 18.0 Å². The van der Waals surface area contributed by atoms with Gasteiger partial charge in [-0.15, -0.1) is 0 Å². The normalized spacial score (nSPS) is 14.8. The Morgan fingerprint density at radius 3 is 2.60 bits per heavy atom. The zero-order valence-corrected chi connectivity index (χ0v) is 17.9. The second kappa shape index (κ2) is 8.48. The van der Waals surface area contributed by atoms with Gasteiger partial charge < -0.3 is 10.2 Å². The summed E-state index contributed by atoms with van der Waals surface area (Å²) in [4.78, 5) is 27.9. The number of halogens is 1. The third kappa shape index (κ3) is 4.19. The Kier molecular flexibility index (Phi) is 5.77. The SMILES string of the molecule is Cc1ccc(Cl)cc1NC(=O)Cn1nc(N2CCC(C)CC2)c2ccccc2c1=O. The highest BCUT2D eigenvalue weighted by Gasteiger charge is 2.21. The highest BCUT2D eigenvalue weighted by molar-refractivity contribution is 6.31. The minimum Gasteiger partial charge on any atom is -0.355 e. The van der Waals surface area contributed by atoms with Crippen molar-refractivity contribution in [3.8, 4) is 0 Å². The van der Waals surface area contributed by atoms with Crippen LogP contribution in [0.3, 0.4) is 0 Å². The number of carbonyl (C=O) groups excluding carboxylic acids is 1. The van der Waals surface area contributed by atoms with Crippen LogP contribution in [0.1, 0.15) is 25.3 Å². The molecule has 4 rings (SSSR count). The predicted octanol–water partition coefficient (Wildman–Crippen LogP) is 4.23. The van der Waals surface area contributed by atoms with Gasteiger partial charge in [0.1, 0.15) is 6.54 Å². The van der Waals surface area contributed by atoms with E-state index < -0.39 is 0 Å². The molecular formula is C23H25ClN4O2. The van der Waals surface area contributed by atoms with Crippen LogP contribution in [0.15, 0.2) is 47.3 Å².